The third kappa shape index (κ3) is 6.50. The summed E-state index contributed by atoms with van der Waals surface area (Å²) in [7, 11) is 0. The maximum absolute atomic E-state index is 13.1. The lowest BCUT2D eigenvalue weighted by atomic mass is 9.97. The second kappa shape index (κ2) is 11.2. The van der Waals surface area contributed by atoms with Gasteiger partial charge >= 0.3 is 12.4 Å². The van der Waals surface area contributed by atoms with Crippen LogP contribution in [-0.2, 0) is 28.5 Å². The first-order valence-corrected chi connectivity index (χ1v) is 14.1. The molecule has 2 aliphatic rings. The molecule has 0 aliphatic carbocycles. The molecule has 0 N–H and O–H groups in total. The number of aromatic nitrogens is 2. The van der Waals surface area contributed by atoms with E-state index in [1.165, 1.54) is 22.3 Å². The van der Waals surface area contributed by atoms with Crippen LogP contribution in [0.2, 0.25) is 0 Å². The molecule has 5 rings (SSSR count). The van der Waals surface area contributed by atoms with E-state index in [1.54, 1.807) is 6.07 Å². The number of amides is 1. The van der Waals surface area contributed by atoms with Gasteiger partial charge < -0.3 is 14.3 Å². The summed E-state index contributed by atoms with van der Waals surface area (Å²) in [4.78, 5) is 36.7. The van der Waals surface area contributed by atoms with Crippen molar-refractivity contribution in [3.8, 4) is 0 Å². The highest BCUT2D eigenvalue weighted by Gasteiger charge is 2.34. The van der Waals surface area contributed by atoms with Gasteiger partial charge in [-0.3, -0.25) is 9.59 Å². The van der Waals surface area contributed by atoms with Crippen LogP contribution in [0.4, 0.5) is 26.3 Å². The minimum atomic E-state index is -4.67. The normalized spacial score (nSPS) is 18.4. The first-order chi connectivity index (χ1) is 19.3. The molecule has 7 nitrogen and oxygen atoms in total. The monoisotopic (exact) mass is 662 g/mol. The standard InChI is InChI=1S/C26H21BrF6N4O3S/c27-18-9-17(26(31,32)33)11-37(24(18)39)12-22(38)36-6-4-14(5-7-36)23-34-20(13-41-23)19-10-21(40-35-19)15-2-1-3-16(8-15)25(28,29)30/h1-3,8-9,11,13-14,21H,4-7,10,12H2. The van der Waals surface area contributed by atoms with Crippen molar-refractivity contribution in [3.05, 3.63) is 84.1 Å². The van der Waals surface area contributed by atoms with E-state index in [0.29, 0.717) is 55.2 Å². The van der Waals surface area contributed by atoms with Crippen LogP contribution in [0.25, 0.3) is 0 Å². The highest BCUT2D eigenvalue weighted by molar-refractivity contribution is 9.10. The molecule has 1 unspecified atom stereocenters. The third-order valence-corrected chi connectivity index (χ3v) is 8.52. The van der Waals surface area contributed by atoms with Crippen molar-refractivity contribution in [2.24, 2.45) is 5.16 Å². The van der Waals surface area contributed by atoms with Gasteiger partial charge in [0, 0.05) is 37.0 Å². The Morgan fingerprint density at radius 3 is 2.46 bits per heavy atom. The van der Waals surface area contributed by atoms with Gasteiger partial charge in [0.2, 0.25) is 5.91 Å². The Kier molecular flexibility index (Phi) is 8.03. The summed E-state index contributed by atoms with van der Waals surface area (Å²) in [6.07, 6.45) is -7.75. The molecule has 3 aromatic rings. The molecular weight excluding hydrogens is 642 g/mol. The predicted molar refractivity (Wildman–Crippen MR) is 140 cm³/mol. The summed E-state index contributed by atoms with van der Waals surface area (Å²) < 4.78 is 79.1. The molecule has 2 aliphatic heterocycles. The number of likely N-dealkylation sites (tertiary alicyclic amines) is 1. The average Bonchev–Trinajstić information content (AvgIpc) is 3.61. The Morgan fingerprint density at radius 1 is 1.07 bits per heavy atom. The number of nitrogens with zero attached hydrogens (tertiary/aromatic N) is 4. The first kappa shape index (κ1) is 29.3. The van der Waals surface area contributed by atoms with E-state index in [1.807, 2.05) is 5.38 Å². The maximum atomic E-state index is 13.1. The smallest absolute Gasteiger partial charge is 0.387 e. The van der Waals surface area contributed by atoms with Crippen LogP contribution in [0.3, 0.4) is 0 Å². The molecule has 1 saturated heterocycles. The molecule has 1 atom stereocenters. The van der Waals surface area contributed by atoms with Crippen molar-refractivity contribution in [1.82, 2.24) is 14.5 Å². The molecule has 1 amide bonds. The zero-order valence-corrected chi connectivity index (χ0v) is 23.4. The van der Waals surface area contributed by atoms with Gasteiger partial charge in [-0.1, -0.05) is 17.3 Å². The Hall–Kier alpha value is -3.20. The lowest BCUT2D eigenvalue weighted by Crippen LogP contribution is -2.41. The zero-order chi connectivity index (χ0) is 29.5. The van der Waals surface area contributed by atoms with Gasteiger partial charge in [0.1, 0.15) is 12.3 Å². The molecule has 0 spiro atoms. The molecule has 0 saturated carbocycles. The SMILES string of the molecule is O=C(Cn1cc(C(F)(F)F)cc(Br)c1=O)N1CCC(c2nc(C3=NOC(c4cccc(C(F)(F)F)c4)C3)cs2)CC1. The molecule has 218 valence electrons. The van der Waals surface area contributed by atoms with Gasteiger partial charge in [-0.2, -0.15) is 26.3 Å². The Bertz CT molecular complexity index is 1540. The van der Waals surface area contributed by atoms with Gasteiger partial charge in [0.15, 0.2) is 6.10 Å². The van der Waals surface area contributed by atoms with Crippen LogP contribution in [0, 0.1) is 0 Å². The largest absolute Gasteiger partial charge is 0.417 e. The van der Waals surface area contributed by atoms with E-state index in [2.05, 4.69) is 26.1 Å². The van der Waals surface area contributed by atoms with Crippen LogP contribution < -0.4 is 5.56 Å². The average molecular weight is 663 g/mol. The number of carbonyl (C=O) groups is 1. The molecule has 2 aromatic heterocycles. The number of carbonyl (C=O) groups excluding carboxylic acids is 1. The lowest BCUT2D eigenvalue weighted by molar-refractivity contribution is -0.139. The van der Waals surface area contributed by atoms with Gasteiger partial charge in [-0.05, 0) is 52.5 Å². The fraction of sp³-hybridized carbons (Fsp3) is 0.385. The quantitative estimate of drug-likeness (QED) is 0.297. The van der Waals surface area contributed by atoms with Crippen LogP contribution in [0.1, 0.15) is 58.7 Å². The van der Waals surface area contributed by atoms with Crippen LogP contribution >= 0.6 is 27.3 Å². The van der Waals surface area contributed by atoms with Gasteiger partial charge in [-0.15, -0.1) is 11.3 Å². The molecule has 4 heterocycles. The van der Waals surface area contributed by atoms with Crippen LogP contribution in [-0.4, -0.2) is 39.2 Å². The maximum Gasteiger partial charge on any atom is 0.417 e. The van der Waals surface area contributed by atoms with Crippen molar-refractivity contribution in [2.45, 2.75) is 50.2 Å². The summed E-state index contributed by atoms with van der Waals surface area (Å²) in [6, 6.07) is 5.62. The van der Waals surface area contributed by atoms with E-state index in [9.17, 15) is 35.9 Å². The number of oxime groups is 1. The number of benzene rings is 1. The van der Waals surface area contributed by atoms with Gasteiger partial charge in [-0.25, -0.2) is 4.98 Å². The molecule has 15 heteroatoms. The van der Waals surface area contributed by atoms with Crippen molar-refractivity contribution in [3.63, 3.8) is 0 Å². The second-order valence-corrected chi connectivity index (χ2v) is 11.4. The Morgan fingerprint density at radius 2 is 1.78 bits per heavy atom. The Labute approximate surface area is 241 Å². The number of piperidine rings is 1. The molecular formula is C26H21BrF6N4O3S. The number of rotatable bonds is 5. The summed E-state index contributed by atoms with van der Waals surface area (Å²) in [5.74, 6) is -0.430. The van der Waals surface area contributed by atoms with Crippen LogP contribution in [0.15, 0.2) is 56.3 Å². The van der Waals surface area contributed by atoms with Crippen molar-refractivity contribution in [1.29, 1.82) is 0 Å². The number of alkyl halides is 6. The molecule has 0 bridgehead atoms. The number of thiazole rings is 1. The minimum absolute atomic E-state index is 0.0328. The summed E-state index contributed by atoms with van der Waals surface area (Å²) in [6.45, 7) is 0.171. The first-order valence-electron chi connectivity index (χ1n) is 12.4. The summed E-state index contributed by atoms with van der Waals surface area (Å²) in [5.41, 5.74) is -1.06. The van der Waals surface area contributed by atoms with E-state index in [4.69, 9.17) is 4.84 Å². The van der Waals surface area contributed by atoms with Crippen LogP contribution in [0.5, 0.6) is 0 Å². The number of pyridine rings is 1. The molecule has 0 radical (unpaired) electrons. The predicted octanol–water partition coefficient (Wildman–Crippen LogP) is 6.38. The fourth-order valence-corrected chi connectivity index (χ4v) is 6.20. The fourth-order valence-electron chi connectivity index (χ4n) is 4.72. The van der Waals surface area contributed by atoms with E-state index >= 15 is 0 Å². The highest BCUT2D eigenvalue weighted by Crippen LogP contribution is 2.36. The van der Waals surface area contributed by atoms with E-state index in [-0.39, 0.29) is 16.8 Å². The summed E-state index contributed by atoms with van der Waals surface area (Å²) >= 11 is 4.25. The topological polar surface area (TPSA) is 76.8 Å². The highest BCUT2D eigenvalue weighted by atomic mass is 79.9. The number of hydrogen-bond acceptors (Lipinski definition) is 6. The van der Waals surface area contributed by atoms with E-state index < -0.39 is 47.6 Å². The summed E-state index contributed by atoms with van der Waals surface area (Å²) in [5, 5.41) is 6.67. The number of halogens is 7. The lowest BCUT2D eigenvalue weighted by Gasteiger charge is -2.31. The molecule has 1 fully saturated rings. The van der Waals surface area contributed by atoms with Gasteiger partial charge in [0.25, 0.3) is 5.56 Å². The van der Waals surface area contributed by atoms with Crippen molar-refractivity contribution >= 4 is 38.9 Å². The second-order valence-electron chi connectivity index (χ2n) is 9.69. The third-order valence-electron chi connectivity index (χ3n) is 6.94. The van der Waals surface area contributed by atoms with Crippen molar-refractivity contribution < 1.29 is 36.0 Å². The Balaban J connectivity index is 1.18. The minimum Gasteiger partial charge on any atom is -0.387 e. The van der Waals surface area contributed by atoms with Crippen molar-refractivity contribution in [2.75, 3.05) is 13.1 Å². The number of hydrogen-bond donors (Lipinski definition) is 0. The van der Waals surface area contributed by atoms with Gasteiger partial charge in [0.05, 0.1) is 26.3 Å². The molecule has 1 aromatic carbocycles. The van der Waals surface area contributed by atoms with E-state index in [0.717, 1.165) is 21.7 Å². The molecule has 41 heavy (non-hydrogen) atoms. The zero-order valence-electron chi connectivity index (χ0n) is 21.0.